The third-order valence-corrected chi connectivity index (χ3v) is 6.35. The highest BCUT2D eigenvalue weighted by atomic mass is 16.7. The minimum Gasteiger partial charge on any atom is -0.493 e. The lowest BCUT2D eigenvalue weighted by atomic mass is 10.1. The average Bonchev–Trinajstić information content (AvgIpc) is 3.45. The van der Waals surface area contributed by atoms with Gasteiger partial charge in [-0.25, -0.2) is 9.78 Å². The van der Waals surface area contributed by atoms with Crippen molar-refractivity contribution in [2.75, 3.05) is 13.9 Å². The Morgan fingerprint density at radius 2 is 1.80 bits per heavy atom. The number of hydrogen-bond acceptors (Lipinski definition) is 8. The number of nitrogens with zero attached hydrogens (tertiary/aromatic N) is 3. The molecule has 9 heteroatoms. The highest BCUT2D eigenvalue weighted by molar-refractivity contribution is 5.92. The lowest BCUT2D eigenvalue weighted by molar-refractivity contribution is 0.0729. The van der Waals surface area contributed by atoms with E-state index in [9.17, 15) is 9.59 Å². The zero-order valence-electron chi connectivity index (χ0n) is 21.7. The topological polar surface area (TPSA) is 101 Å². The number of rotatable bonds is 6. The molecule has 0 saturated carbocycles. The molecule has 0 unspecified atom stereocenters. The van der Waals surface area contributed by atoms with Crippen molar-refractivity contribution in [3.63, 3.8) is 0 Å². The van der Waals surface area contributed by atoms with Gasteiger partial charge in [-0.1, -0.05) is 35.9 Å². The number of benzene rings is 4. The van der Waals surface area contributed by atoms with Crippen LogP contribution in [0.1, 0.15) is 21.5 Å². The summed E-state index contributed by atoms with van der Waals surface area (Å²) in [6, 6.07) is 24.7. The lowest BCUT2D eigenvalue weighted by Gasteiger charge is -2.11. The first-order chi connectivity index (χ1) is 19.5. The van der Waals surface area contributed by atoms with Crippen molar-refractivity contribution in [1.82, 2.24) is 9.66 Å². The SMILES string of the molecule is COc1cc(C=Nn2c(-c3cccc(C)c3)nc3ccccc3c2=O)ccc1OC(=O)c1ccc2c(c1)OCO2. The summed E-state index contributed by atoms with van der Waals surface area (Å²) >= 11 is 0. The van der Waals surface area contributed by atoms with Gasteiger partial charge in [0.05, 0.1) is 29.8 Å². The molecule has 2 heterocycles. The average molecular weight is 534 g/mol. The minimum atomic E-state index is -0.574. The van der Waals surface area contributed by atoms with Crippen LogP contribution in [0.2, 0.25) is 0 Å². The van der Waals surface area contributed by atoms with Crippen molar-refractivity contribution in [1.29, 1.82) is 0 Å². The number of hydrogen-bond donors (Lipinski definition) is 0. The molecule has 198 valence electrons. The molecular weight excluding hydrogens is 510 g/mol. The normalized spacial score (nSPS) is 12.2. The number of esters is 1. The van der Waals surface area contributed by atoms with E-state index in [2.05, 4.69) is 5.10 Å². The predicted octanol–water partition coefficient (Wildman–Crippen LogP) is 5.21. The molecule has 40 heavy (non-hydrogen) atoms. The Hall–Kier alpha value is -5.44. The van der Waals surface area contributed by atoms with Gasteiger partial charge in [0, 0.05) is 5.56 Å². The number of carbonyl (C=O) groups is 1. The molecule has 0 fully saturated rings. The Kier molecular flexibility index (Phi) is 6.45. The third-order valence-electron chi connectivity index (χ3n) is 6.35. The van der Waals surface area contributed by atoms with E-state index in [1.54, 1.807) is 54.6 Å². The molecule has 0 atom stereocenters. The summed E-state index contributed by atoms with van der Waals surface area (Å²) in [5.74, 6) is 1.45. The standard InChI is InChI=1S/C31H23N3O6/c1-19-6-5-7-21(14-19)29-33-24-9-4-3-8-23(24)30(35)34(29)32-17-20-10-12-26(27(15-20)37-2)40-31(36)22-11-13-25-28(16-22)39-18-38-25/h3-17H,18H2,1-2H3. The molecular formula is C31H23N3O6. The molecule has 9 nitrogen and oxygen atoms in total. The highest BCUT2D eigenvalue weighted by Crippen LogP contribution is 2.34. The molecule has 0 aliphatic carbocycles. The molecule has 1 aromatic heterocycles. The zero-order chi connectivity index (χ0) is 27.6. The van der Waals surface area contributed by atoms with Gasteiger partial charge in [-0.2, -0.15) is 9.78 Å². The number of ether oxygens (including phenoxy) is 4. The van der Waals surface area contributed by atoms with Gasteiger partial charge in [-0.15, -0.1) is 0 Å². The summed E-state index contributed by atoms with van der Waals surface area (Å²) in [5, 5.41) is 4.96. The molecule has 1 aliphatic rings. The van der Waals surface area contributed by atoms with Crippen molar-refractivity contribution in [3.05, 3.63) is 112 Å². The van der Waals surface area contributed by atoms with E-state index < -0.39 is 5.97 Å². The monoisotopic (exact) mass is 533 g/mol. The molecule has 1 aliphatic heterocycles. The van der Waals surface area contributed by atoms with Crippen LogP contribution in [0.4, 0.5) is 0 Å². The van der Waals surface area contributed by atoms with Gasteiger partial charge in [0.1, 0.15) is 0 Å². The van der Waals surface area contributed by atoms with Gasteiger partial charge in [0.2, 0.25) is 6.79 Å². The smallest absolute Gasteiger partial charge is 0.343 e. The lowest BCUT2D eigenvalue weighted by Crippen LogP contribution is -2.20. The summed E-state index contributed by atoms with van der Waals surface area (Å²) in [7, 11) is 1.47. The van der Waals surface area contributed by atoms with E-state index in [0.29, 0.717) is 45.1 Å². The second kappa shape index (κ2) is 10.4. The van der Waals surface area contributed by atoms with Crippen molar-refractivity contribution in [2.45, 2.75) is 6.92 Å². The van der Waals surface area contributed by atoms with Crippen LogP contribution in [-0.2, 0) is 0 Å². The molecule has 0 bridgehead atoms. The Bertz CT molecular complexity index is 1860. The maximum Gasteiger partial charge on any atom is 0.343 e. The van der Waals surface area contributed by atoms with Crippen LogP contribution in [0.25, 0.3) is 22.3 Å². The van der Waals surface area contributed by atoms with E-state index in [4.69, 9.17) is 23.9 Å². The number of aromatic nitrogens is 2. The number of methoxy groups -OCH3 is 1. The van der Waals surface area contributed by atoms with E-state index in [-0.39, 0.29) is 18.1 Å². The maximum absolute atomic E-state index is 13.4. The number of carbonyl (C=O) groups excluding carboxylic acids is 1. The van der Waals surface area contributed by atoms with Crippen LogP contribution < -0.4 is 24.5 Å². The van der Waals surface area contributed by atoms with Crippen molar-refractivity contribution >= 4 is 23.1 Å². The van der Waals surface area contributed by atoms with Crippen LogP contribution in [-0.4, -0.2) is 35.7 Å². The maximum atomic E-state index is 13.4. The third kappa shape index (κ3) is 4.76. The van der Waals surface area contributed by atoms with Gasteiger partial charge in [0.25, 0.3) is 5.56 Å². The fourth-order valence-electron chi connectivity index (χ4n) is 4.36. The minimum absolute atomic E-state index is 0.110. The van der Waals surface area contributed by atoms with E-state index >= 15 is 0 Å². The van der Waals surface area contributed by atoms with Crippen molar-refractivity contribution in [2.24, 2.45) is 5.10 Å². The van der Waals surface area contributed by atoms with Crippen LogP contribution >= 0.6 is 0 Å². The Morgan fingerprint density at radius 1 is 0.950 bits per heavy atom. The van der Waals surface area contributed by atoms with Gasteiger partial charge in [0.15, 0.2) is 28.8 Å². The van der Waals surface area contributed by atoms with E-state index in [1.165, 1.54) is 18.0 Å². The first-order valence-electron chi connectivity index (χ1n) is 12.4. The Balaban J connectivity index is 1.32. The Labute approximate surface area is 228 Å². The quantitative estimate of drug-likeness (QED) is 0.168. The first-order valence-corrected chi connectivity index (χ1v) is 12.4. The van der Waals surface area contributed by atoms with Crippen LogP contribution in [0.5, 0.6) is 23.0 Å². The summed E-state index contributed by atoms with van der Waals surface area (Å²) < 4.78 is 23.0. The van der Waals surface area contributed by atoms with Gasteiger partial charge in [-0.05, 0) is 67.1 Å². The largest absolute Gasteiger partial charge is 0.493 e. The molecule has 0 radical (unpaired) electrons. The van der Waals surface area contributed by atoms with Gasteiger partial charge >= 0.3 is 5.97 Å². The van der Waals surface area contributed by atoms with Crippen LogP contribution in [0.3, 0.4) is 0 Å². The molecule has 0 N–H and O–H groups in total. The number of aryl methyl sites for hydroxylation is 1. The summed E-state index contributed by atoms with van der Waals surface area (Å²) in [5.41, 5.74) is 3.03. The van der Waals surface area contributed by atoms with Gasteiger partial charge in [-0.3, -0.25) is 4.79 Å². The zero-order valence-corrected chi connectivity index (χ0v) is 21.7. The van der Waals surface area contributed by atoms with Crippen LogP contribution in [0, 0.1) is 6.92 Å². The second-order valence-electron chi connectivity index (χ2n) is 9.05. The van der Waals surface area contributed by atoms with E-state index in [1.807, 2.05) is 37.3 Å². The molecule has 0 amide bonds. The van der Waals surface area contributed by atoms with Crippen molar-refractivity contribution < 1.29 is 23.7 Å². The number of fused-ring (bicyclic) bond motifs is 2. The molecule has 0 saturated heterocycles. The molecule has 5 aromatic rings. The van der Waals surface area contributed by atoms with Crippen LogP contribution in [0.15, 0.2) is 94.8 Å². The van der Waals surface area contributed by atoms with Crippen molar-refractivity contribution in [3.8, 4) is 34.4 Å². The summed E-state index contributed by atoms with van der Waals surface area (Å²) in [4.78, 5) is 31.0. The molecule has 4 aromatic carbocycles. The van der Waals surface area contributed by atoms with E-state index in [0.717, 1.165) is 11.1 Å². The predicted molar refractivity (Wildman–Crippen MR) is 150 cm³/mol. The highest BCUT2D eigenvalue weighted by Gasteiger charge is 2.19. The second-order valence-corrected chi connectivity index (χ2v) is 9.05. The molecule has 6 rings (SSSR count). The first kappa shape index (κ1) is 24.9. The summed E-state index contributed by atoms with van der Waals surface area (Å²) in [6.07, 6.45) is 1.53. The summed E-state index contributed by atoms with van der Waals surface area (Å²) in [6.45, 7) is 2.09. The number of para-hydroxylation sites is 1. The Morgan fingerprint density at radius 3 is 2.65 bits per heavy atom. The van der Waals surface area contributed by atoms with Gasteiger partial charge < -0.3 is 18.9 Å². The fraction of sp³-hybridized carbons (Fsp3) is 0.0968. The molecule has 0 spiro atoms. The fourth-order valence-corrected chi connectivity index (χ4v) is 4.36.